The summed E-state index contributed by atoms with van der Waals surface area (Å²) < 4.78 is 30.5. The summed E-state index contributed by atoms with van der Waals surface area (Å²) in [4.78, 5) is 4.98. The average Bonchev–Trinajstić information content (AvgIpc) is 3.29. The molecule has 5 nitrogen and oxygen atoms in total. The topological polar surface area (TPSA) is 55.2 Å². The molecule has 0 bridgehead atoms. The molecule has 1 aliphatic heterocycles. The van der Waals surface area contributed by atoms with E-state index in [1.165, 1.54) is 0 Å². The van der Waals surface area contributed by atoms with Gasteiger partial charge in [0.05, 0.1) is 10.9 Å². The average molecular weight is 396 g/mol. The van der Waals surface area contributed by atoms with Crippen LogP contribution in [0.2, 0.25) is 0 Å². The molecule has 0 amide bonds. The number of nitrogens with zero attached hydrogens (tertiary/aromatic N) is 3. The van der Waals surface area contributed by atoms with Gasteiger partial charge < -0.3 is 4.57 Å². The second-order valence-corrected chi connectivity index (χ2v) is 9.35. The highest BCUT2D eigenvalue weighted by atomic mass is 32.2. The molecular formula is C22H25N3O2S. The van der Waals surface area contributed by atoms with E-state index in [0.29, 0.717) is 11.4 Å². The van der Waals surface area contributed by atoms with Gasteiger partial charge in [0.1, 0.15) is 5.82 Å². The van der Waals surface area contributed by atoms with Crippen LogP contribution in [0.1, 0.15) is 41.4 Å². The number of benzene rings is 1. The minimum atomic E-state index is -3.56. The van der Waals surface area contributed by atoms with Crippen LogP contribution in [0, 0.1) is 20.8 Å². The Morgan fingerprint density at radius 3 is 2.32 bits per heavy atom. The van der Waals surface area contributed by atoms with Gasteiger partial charge in [-0.3, -0.25) is 0 Å². The minimum Gasteiger partial charge on any atom is -0.303 e. The molecule has 1 aromatic carbocycles. The third kappa shape index (κ3) is 3.16. The predicted octanol–water partition coefficient (Wildman–Crippen LogP) is 4.32. The molecule has 146 valence electrons. The monoisotopic (exact) mass is 395 g/mol. The van der Waals surface area contributed by atoms with Crippen molar-refractivity contribution in [1.29, 1.82) is 0 Å². The molecule has 0 aliphatic carbocycles. The van der Waals surface area contributed by atoms with Gasteiger partial charge in [-0.15, -0.1) is 0 Å². The van der Waals surface area contributed by atoms with Crippen LogP contribution in [0.4, 0.5) is 0 Å². The molecule has 1 aliphatic rings. The van der Waals surface area contributed by atoms with Crippen LogP contribution in [-0.4, -0.2) is 28.8 Å². The first-order chi connectivity index (χ1) is 13.4. The van der Waals surface area contributed by atoms with Crippen LogP contribution in [0.3, 0.4) is 0 Å². The first-order valence-electron chi connectivity index (χ1n) is 9.58. The molecule has 2 aromatic heterocycles. The van der Waals surface area contributed by atoms with E-state index in [1.807, 2.05) is 45.0 Å². The van der Waals surface area contributed by atoms with Gasteiger partial charge in [0.25, 0.3) is 0 Å². The summed E-state index contributed by atoms with van der Waals surface area (Å²) in [5.41, 5.74) is 4.18. The van der Waals surface area contributed by atoms with Gasteiger partial charge in [0.2, 0.25) is 10.0 Å². The fraction of sp³-hybridized carbons (Fsp3) is 0.318. The van der Waals surface area contributed by atoms with E-state index in [4.69, 9.17) is 0 Å². The Kier molecular flexibility index (Phi) is 4.85. The summed E-state index contributed by atoms with van der Waals surface area (Å²) in [5.74, 6) is 0.818. The number of sulfonamides is 1. The van der Waals surface area contributed by atoms with E-state index in [1.54, 1.807) is 22.6 Å². The van der Waals surface area contributed by atoms with Gasteiger partial charge >= 0.3 is 0 Å². The third-order valence-corrected chi connectivity index (χ3v) is 7.41. The van der Waals surface area contributed by atoms with Crippen molar-refractivity contribution in [1.82, 2.24) is 13.9 Å². The van der Waals surface area contributed by atoms with Gasteiger partial charge in [0, 0.05) is 29.7 Å². The molecule has 6 heteroatoms. The molecule has 4 rings (SSSR count). The van der Waals surface area contributed by atoms with Gasteiger partial charge in [0.15, 0.2) is 0 Å². The molecule has 28 heavy (non-hydrogen) atoms. The second-order valence-electron chi connectivity index (χ2n) is 7.45. The molecule has 3 aromatic rings. The first-order valence-corrected chi connectivity index (χ1v) is 11.0. The van der Waals surface area contributed by atoms with Crippen molar-refractivity contribution in [2.75, 3.05) is 6.54 Å². The first kappa shape index (κ1) is 18.9. The zero-order valence-corrected chi connectivity index (χ0v) is 17.3. The van der Waals surface area contributed by atoms with Crippen molar-refractivity contribution in [3.8, 4) is 5.82 Å². The van der Waals surface area contributed by atoms with E-state index < -0.39 is 10.0 Å². The fourth-order valence-corrected chi connectivity index (χ4v) is 5.72. The number of hydrogen-bond acceptors (Lipinski definition) is 3. The summed E-state index contributed by atoms with van der Waals surface area (Å²) in [6, 6.07) is 14.9. The number of pyridine rings is 1. The van der Waals surface area contributed by atoms with Crippen molar-refractivity contribution >= 4 is 10.0 Å². The van der Waals surface area contributed by atoms with Gasteiger partial charge in [-0.1, -0.05) is 23.8 Å². The Morgan fingerprint density at radius 2 is 1.64 bits per heavy atom. The summed E-state index contributed by atoms with van der Waals surface area (Å²) in [6.45, 7) is 6.57. The number of hydrogen-bond donors (Lipinski definition) is 0. The van der Waals surface area contributed by atoms with Crippen molar-refractivity contribution in [3.63, 3.8) is 0 Å². The predicted molar refractivity (Wildman–Crippen MR) is 110 cm³/mol. The summed E-state index contributed by atoms with van der Waals surface area (Å²) >= 11 is 0. The lowest BCUT2D eigenvalue weighted by Crippen LogP contribution is -2.31. The van der Waals surface area contributed by atoms with E-state index in [-0.39, 0.29) is 6.04 Å². The van der Waals surface area contributed by atoms with Crippen LogP contribution in [-0.2, 0) is 10.0 Å². The van der Waals surface area contributed by atoms with Crippen LogP contribution < -0.4 is 0 Å². The molecule has 1 fully saturated rings. The van der Waals surface area contributed by atoms with Crippen molar-refractivity contribution in [2.45, 2.75) is 44.6 Å². The van der Waals surface area contributed by atoms with E-state index in [9.17, 15) is 8.42 Å². The van der Waals surface area contributed by atoms with Gasteiger partial charge in [-0.2, -0.15) is 4.31 Å². The Labute approximate surface area is 166 Å². The highest BCUT2D eigenvalue weighted by molar-refractivity contribution is 7.89. The zero-order valence-electron chi connectivity index (χ0n) is 16.5. The maximum Gasteiger partial charge on any atom is 0.243 e. The maximum atomic E-state index is 13.4. The highest BCUT2D eigenvalue weighted by Crippen LogP contribution is 2.38. The van der Waals surface area contributed by atoms with Crippen LogP contribution in [0.25, 0.3) is 5.82 Å². The largest absolute Gasteiger partial charge is 0.303 e. The standard InChI is InChI=1S/C22H25N3O2S/c1-16-8-12-19(13-9-16)28(26,27)24-15-5-7-21(24)20-6-4-14-23-22(20)25-17(2)10-11-18(25)3/h4,6,8-14,21H,5,7,15H2,1-3H3. The normalized spacial score (nSPS) is 17.9. The Bertz CT molecular complexity index is 1080. The number of rotatable bonds is 4. The fourth-order valence-electron chi connectivity index (χ4n) is 4.04. The number of aromatic nitrogens is 2. The summed E-state index contributed by atoms with van der Waals surface area (Å²) in [5, 5.41) is 0. The van der Waals surface area contributed by atoms with E-state index >= 15 is 0 Å². The molecule has 0 N–H and O–H groups in total. The molecular weight excluding hydrogens is 370 g/mol. The minimum absolute atomic E-state index is 0.212. The molecule has 3 heterocycles. The van der Waals surface area contributed by atoms with Crippen molar-refractivity contribution in [2.24, 2.45) is 0 Å². The Balaban J connectivity index is 1.79. The lowest BCUT2D eigenvalue weighted by atomic mass is 10.1. The van der Waals surface area contributed by atoms with E-state index in [2.05, 4.69) is 21.7 Å². The second kappa shape index (κ2) is 7.18. The number of aryl methyl sites for hydroxylation is 3. The molecule has 1 unspecified atom stereocenters. The Morgan fingerprint density at radius 1 is 0.964 bits per heavy atom. The van der Waals surface area contributed by atoms with E-state index in [0.717, 1.165) is 41.2 Å². The maximum absolute atomic E-state index is 13.4. The lowest BCUT2D eigenvalue weighted by Gasteiger charge is -2.26. The quantitative estimate of drug-likeness (QED) is 0.661. The smallest absolute Gasteiger partial charge is 0.243 e. The zero-order chi connectivity index (χ0) is 19.9. The van der Waals surface area contributed by atoms with Gasteiger partial charge in [-0.25, -0.2) is 13.4 Å². The van der Waals surface area contributed by atoms with Gasteiger partial charge in [-0.05, 0) is 63.9 Å². The lowest BCUT2D eigenvalue weighted by molar-refractivity contribution is 0.395. The highest BCUT2D eigenvalue weighted by Gasteiger charge is 2.37. The third-order valence-electron chi connectivity index (χ3n) is 5.49. The van der Waals surface area contributed by atoms with Crippen molar-refractivity contribution in [3.05, 3.63) is 77.2 Å². The van der Waals surface area contributed by atoms with Crippen molar-refractivity contribution < 1.29 is 8.42 Å². The molecule has 1 saturated heterocycles. The molecule has 0 spiro atoms. The molecule has 1 atom stereocenters. The SMILES string of the molecule is Cc1ccc(S(=O)(=O)N2CCCC2c2cccnc2-n2c(C)ccc2C)cc1. The van der Waals surface area contributed by atoms with Crippen LogP contribution in [0.5, 0.6) is 0 Å². The summed E-state index contributed by atoms with van der Waals surface area (Å²) in [7, 11) is -3.56. The summed E-state index contributed by atoms with van der Waals surface area (Å²) in [6.07, 6.45) is 3.41. The van der Waals surface area contributed by atoms with Crippen LogP contribution >= 0.6 is 0 Å². The molecule has 0 saturated carbocycles. The molecule has 0 radical (unpaired) electrons. The van der Waals surface area contributed by atoms with Crippen LogP contribution in [0.15, 0.2) is 59.6 Å². The Hall–Kier alpha value is -2.44.